The number of hydrogen-bond acceptors (Lipinski definition) is 2. The van der Waals surface area contributed by atoms with Crippen LogP contribution in [0.3, 0.4) is 0 Å². The molecule has 0 unspecified atom stereocenters. The lowest BCUT2D eigenvalue weighted by molar-refractivity contribution is 0.300. The zero-order chi connectivity index (χ0) is 12.0. The molecule has 0 amide bonds. The zero-order valence-electron chi connectivity index (χ0n) is 9.44. The average molecular weight is 280 g/mol. The molecular formula is C12H14BrN3. The minimum Gasteiger partial charge on any atom is -0.279 e. The fourth-order valence-electron chi connectivity index (χ4n) is 1.17. The smallest absolute Gasteiger partial charge is 0.103 e. The first-order chi connectivity index (χ1) is 7.71. The maximum atomic E-state index is 5.40. The number of terminal acetylenes is 1. The van der Waals surface area contributed by atoms with Crippen LogP contribution in [0.2, 0.25) is 0 Å². The molecule has 84 valence electrons. The van der Waals surface area contributed by atoms with Crippen LogP contribution in [0, 0.1) is 12.3 Å². The van der Waals surface area contributed by atoms with Crippen molar-refractivity contribution in [1.29, 1.82) is 0 Å². The molecule has 3 nitrogen and oxygen atoms in total. The highest BCUT2D eigenvalue weighted by molar-refractivity contribution is 9.10. The van der Waals surface area contributed by atoms with Crippen LogP contribution in [0.1, 0.15) is 19.4 Å². The van der Waals surface area contributed by atoms with Crippen LogP contribution in [0.15, 0.2) is 33.0 Å². The molecule has 0 saturated carbocycles. The fraction of sp³-hybridized carbons (Fsp3) is 0.333. The monoisotopic (exact) mass is 279 g/mol. The Balaban J connectivity index is 2.93. The van der Waals surface area contributed by atoms with Crippen molar-refractivity contribution in [3.05, 3.63) is 28.2 Å². The topological polar surface area (TPSA) is 28.0 Å². The molecule has 1 rings (SSSR count). The van der Waals surface area contributed by atoms with E-state index in [1.807, 2.05) is 37.1 Å². The first kappa shape index (κ1) is 12.7. The van der Waals surface area contributed by atoms with Gasteiger partial charge < -0.3 is 0 Å². The van der Waals surface area contributed by atoms with Crippen LogP contribution in [0.25, 0.3) is 0 Å². The number of rotatable bonds is 4. The Hall–Kier alpha value is -1.34. The second-order valence-corrected chi connectivity index (χ2v) is 4.05. The fourth-order valence-corrected chi connectivity index (χ4v) is 1.53. The van der Waals surface area contributed by atoms with Crippen molar-refractivity contribution in [2.75, 3.05) is 13.1 Å². The van der Waals surface area contributed by atoms with Gasteiger partial charge >= 0.3 is 0 Å². The normalized spacial score (nSPS) is 10.4. The SMILES string of the molecule is C#Cc1cc(Br)ccc1N=NN(CC)CC. The number of halogens is 1. The molecule has 0 aliphatic carbocycles. The number of nitrogens with zero attached hydrogens (tertiary/aromatic N) is 3. The van der Waals surface area contributed by atoms with Gasteiger partial charge in [-0.25, -0.2) is 0 Å². The van der Waals surface area contributed by atoms with Gasteiger partial charge in [0, 0.05) is 17.6 Å². The molecule has 0 fully saturated rings. The summed E-state index contributed by atoms with van der Waals surface area (Å²) >= 11 is 3.37. The van der Waals surface area contributed by atoms with Crippen molar-refractivity contribution in [2.45, 2.75) is 13.8 Å². The Kier molecular flexibility index (Phi) is 5.00. The van der Waals surface area contributed by atoms with Crippen LogP contribution in [-0.2, 0) is 0 Å². The second kappa shape index (κ2) is 6.29. The summed E-state index contributed by atoms with van der Waals surface area (Å²) in [6.45, 7) is 5.74. The predicted molar refractivity (Wildman–Crippen MR) is 69.5 cm³/mol. The van der Waals surface area contributed by atoms with E-state index in [9.17, 15) is 0 Å². The van der Waals surface area contributed by atoms with Crippen molar-refractivity contribution in [3.8, 4) is 12.3 Å². The van der Waals surface area contributed by atoms with E-state index >= 15 is 0 Å². The highest BCUT2D eigenvalue weighted by atomic mass is 79.9. The third-order valence-corrected chi connectivity index (χ3v) is 2.62. The highest BCUT2D eigenvalue weighted by Crippen LogP contribution is 2.23. The molecule has 0 atom stereocenters. The Bertz CT molecular complexity index is 417. The van der Waals surface area contributed by atoms with Crippen molar-refractivity contribution < 1.29 is 0 Å². The molecule has 1 aromatic carbocycles. The molecule has 0 bridgehead atoms. The third-order valence-electron chi connectivity index (χ3n) is 2.12. The van der Waals surface area contributed by atoms with Crippen LogP contribution in [0.5, 0.6) is 0 Å². The summed E-state index contributed by atoms with van der Waals surface area (Å²) in [5, 5.41) is 10.1. The van der Waals surface area contributed by atoms with E-state index in [1.165, 1.54) is 0 Å². The summed E-state index contributed by atoms with van der Waals surface area (Å²) in [6.07, 6.45) is 5.40. The Morgan fingerprint density at radius 1 is 1.38 bits per heavy atom. The standard InChI is InChI=1S/C12H14BrN3/c1-4-10-9-11(13)7-8-12(10)14-15-16(5-2)6-3/h1,7-9H,5-6H2,2-3H3. The van der Waals surface area contributed by atoms with Crippen LogP contribution in [-0.4, -0.2) is 18.1 Å². The van der Waals surface area contributed by atoms with Gasteiger partial charge in [0.2, 0.25) is 0 Å². The molecular weight excluding hydrogens is 266 g/mol. The van der Waals surface area contributed by atoms with Gasteiger partial charge in [-0.05, 0) is 32.0 Å². The van der Waals surface area contributed by atoms with Gasteiger partial charge in [0.1, 0.15) is 5.69 Å². The minimum absolute atomic E-state index is 0.720. The largest absolute Gasteiger partial charge is 0.279 e. The molecule has 0 radical (unpaired) electrons. The van der Waals surface area contributed by atoms with Crippen molar-refractivity contribution in [3.63, 3.8) is 0 Å². The highest BCUT2D eigenvalue weighted by Gasteiger charge is 2.00. The van der Waals surface area contributed by atoms with Crippen molar-refractivity contribution >= 4 is 21.6 Å². The Morgan fingerprint density at radius 2 is 2.06 bits per heavy atom. The van der Waals surface area contributed by atoms with Gasteiger partial charge in [0.05, 0.1) is 5.56 Å². The summed E-state index contributed by atoms with van der Waals surface area (Å²) in [7, 11) is 0. The first-order valence-corrected chi connectivity index (χ1v) is 5.93. The van der Waals surface area contributed by atoms with Gasteiger partial charge in [0.25, 0.3) is 0 Å². The van der Waals surface area contributed by atoms with E-state index in [0.29, 0.717) is 0 Å². The summed E-state index contributed by atoms with van der Waals surface area (Å²) in [4.78, 5) is 0. The Morgan fingerprint density at radius 3 is 2.62 bits per heavy atom. The van der Waals surface area contributed by atoms with Gasteiger partial charge in [-0.1, -0.05) is 27.1 Å². The van der Waals surface area contributed by atoms with Crippen LogP contribution < -0.4 is 0 Å². The summed E-state index contributed by atoms with van der Waals surface area (Å²) in [5.74, 6) is 2.59. The molecule has 0 N–H and O–H groups in total. The van der Waals surface area contributed by atoms with E-state index in [1.54, 1.807) is 0 Å². The van der Waals surface area contributed by atoms with Gasteiger partial charge in [-0.2, -0.15) is 0 Å². The lowest BCUT2D eigenvalue weighted by atomic mass is 10.2. The molecule has 0 saturated heterocycles. The van der Waals surface area contributed by atoms with Gasteiger partial charge in [-0.15, -0.1) is 11.5 Å². The molecule has 0 aliphatic rings. The summed E-state index contributed by atoms with van der Waals surface area (Å²) in [5.41, 5.74) is 1.46. The molecule has 0 aromatic heterocycles. The summed E-state index contributed by atoms with van der Waals surface area (Å²) < 4.78 is 0.947. The lowest BCUT2D eigenvalue weighted by Gasteiger charge is -2.11. The third kappa shape index (κ3) is 3.35. The van der Waals surface area contributed by atoms with Crippen molar-refractivity contribution in [1.82, 2.24) is 5.01 Å². The molecule has 1 aromatic rings. The molecule has 4 heteroatoms. The Labute approximate surface area is 105 Å². The van der Waals surface area contributed by atoms with Crippen LogP contribution >= 0.6 is 15.9 Å². The van der Waals surface area contributed by atoms with Gasteiger partial charge in [0.15, 0.2) is 0 Å². The van der Waals surface area contributed by atoms with E-state index in [-0.39, 0.29) is 0 Å². The first-order valence-electron chi connectivity index (χ1n) is 5.14. The number of benzene rings is 1. The predicted octanol–water partition coefficient (Wildman–Crippen LogP) is 3.77. The lowest BCUT2D eigenvalue weighted by Crippen LogP contribution is -2.14. The van der Waals surface area contributed by atoms with Crippen LogP contribution in [0.4, 0.5) is 5.69 Å². The molecule has 16 heavy (non-hydrogen) atoms. The van der Waals surface area contributed by atoms with Crippen molar-refractivity contribution in [2.24, 2.45) is 10.3 Å². The van der Waals surface area contributed by atoms with E-state index in [0.717, 1.165) is 28.8 Å². The summed E-state index contributed by atoms with van der Waals surface area (Å²) in [6, 6.07) is 5.61. The van der Waals surface area contributed by atoms with E-state index in [2.05, 4.69) is 32.2 Å². The minimum atomic E-state index is 0.720. The van der Waals surface area contributed by atoms with E-state index < -0.39 is 0 Å². The average Bonchev–Trinajstić information content (AvgIpc) is 2.31. The quantitative estimate of drug-likeness (QED) is 0.468. The number of hydrogen-bond donors (Lipinski definition) is 0. The molecule has 0 aliphatic heterocycles. The maximum Gasteiger partial charge on any atom is 0.103 e. The molecule has 0 spiro atoms. The second-order valence-electron chi connectivity index (χ2n) is 3.13. The zero-order valence-corrected chi connectivity index (χ0v) is 11.0. The van der Waals surface area contributed by atoms with Gasteiger partial charge in [-0.3, -0.25) is 5.01 Å². The molecule has 0 heterocycles. The van der Waals surface area contributed by atoms with E-state index in [4.69, 9.17) is 6.42 Å². The maximum absolute atomic E-state index is 5.40.